The maximum Gasteiger partial charge on any atom is 0.107 e. The minimum Gasteiger partial charge on any atom is -0.352 e. The summed E-state index contributed by atoms with van der Waals surface area (Å²) in [7, 11) is 0. The third-order valence-electron chi connectivity index (χ3n) is 2.34. The minimum absolute atomic E-state index is 0.338. The molecule has 2 rings (SSSR count). The molecule has 2 aromatic rings. The highest BCUT2D eigenvalue weighted by Crippen LogP contribution is 2.14. The van der Waals surface area contributed by atoms with Gasteiger partial charge >= 0.3 is 0 Å². The van der Waals surface area contributed by atoms with Gasteiger partial charge in [0, 0.05) is 23.6 Å². The van der Waals surface area contributed by atoms with Crippen LogP contribution in [0.2, 0.25) is 0 Å². The van der Waals surface area contributed by atoms with Gasteiger partial charge in [-0.1, -0.05) is 12.1 Å². The summed E-state index contributed by atoms with van der Waals surface area (Å²) < 4.78 is 2.10. The van der Waals surface area contributed by atoms with Gasteiger partial charge in [0.15, 0.2) is 0 Å². The molecule has 0 amide bonds. The van der Waals surface area contributed by atoms with Crippen molar-refractivity contribution in [1.29, 1.82) is 0 Å². The van der Waals surface area contributed by atoms with E-state index in [0.29, 0.717) is 6.04 Å². The molecular formula is C12H15N2+. The average molecular weight is 187 g/mol. The van der Waals surface area contributed by atoms with Crippen LogP contribution in [0.3, 0.4) is 0 Å². The summed E-state index contributed by atoms with van der Waals surface area (Å²) in [5.74, 6) is 0. The summed E-state index contributed by atoms with van der Waals surface area (Å²) >= 11 is 0. The van der Waals surface area contributed by atoms with Crippen molar-refractivity contribution in [2.45, 2.75) is 13.0 Å². The van der Waals surface area contributed by atoms with E-state index in [4.69, 9.17) is 0 Å². The average Bonchev–Trinajstić information content (AvgIpc) is 2.71. The predicted molar refractivity (Wildman–Crippen MR) is 57.1 cm³/mol. The summed E-state index contributed by atoms with van der Waals surface area (Å²) in [6.07, 6.45) is 4.10. The van der Waals surface area contributed by atoms with Crippen LogP contribution in [0.4, 0.5) is 0 Å². The Morgan fingerprint density at radius 2 is 1.86 bits per heavy atom. The molecule has 1 aromatic heterocycles. The van der Waals surface area contributed by atoms with Gasteiger partial charge < -0.3 is 10.3 Å². The molecule has 14 heavy (non-hydrogen) atoms. The van der Waals surface area contributed by atoms with Gasteiger partial charge in [-0.15, -0.1) is 0 Å². The summed E-state index contributed by atoms with van der Waals surface area (Å²) in [6, 6.07) is 12.9. The maximum absolute atomic E-state index is 4.02. The summed E-state index contributed by atoms with van der Waals surface area (Å²) in [6.45, 7) is 2.11. The standard InChI is InChI=1S/C12H14N2/c1-10(13)11-5-4-6-12(9-11)14-7-2-3-8-14/h2-10H,13H2,1H3/p+1/t10-/m1/s1. The van der Waals surface area contributed by atoms with Crippen molar-refractivity contribution < 1.29 is 5.73 Å². The Balaban J connectivity index is 2.41. The van der Waals surface area contributed by atoms with Gasteiger partial charge in [0.2, 0.25) is 0 Å². The van der Waals surface area contributed by atoms with Crippen molar-refractivity contribution in [2.24, 2.45) is 0 Å². The van der Waals surface area contributed by atoms with E-state index in [-0.39, 0.29) is 0 Å². The first-order chi connectivity index (χ1) is 6.77. The smallest absolute Gasteiger partial charge is 0.107 e. The van der Waals surface area contributed by atoms with Crippen molar-refractivity contribution in [3.05, 3.63) is 54.4 Å². The lowest BCUT2D eigenvalue weighted by Gasteiger charge is -2.06. The van der Waals surface area contributed by atoms with Gasteiger partial charge in [0.05, 0.1) is 0 Å². The van der Waals surface area contributed by atoms with Gasteiger partial charge in [-0.3, -0.25) is 0 Å². The van der Waals surface area contributed by atoms with Crippen molar-refractivity contribution >= 4 is 0 Å². The van der Waals surface area contributed by atoms with Crippen molar-refractivity contribution in [2.75, 3.05) is 0 Å². The second kappa shape index (κ2) is 3.68. The summed E-state index contributed by atoms with van der Waals surface area (Å²) in [5.41, 5.74) is 6.49. The molecule has 1 heterocycles. The summed E-state index contributed by atoms with van der Waals surface area (Å²) in [4.78, 5) is 0. The number of hydrogen-bond donors (Lipinski definition) is 1. The zero-order valence-electron chi connectivity index (χ0n) is 8.35. The molecule has 0 saturated heterocycles. The van der Waals surface area contributed by atoms with Gasteiger partial charge in [0.1, 0.15) is 6.04 Å². The molecule has 3 N–H and O–H groups in total. The molecule has 0 aliphatic heterocycles. The van der Waals surface area contributed by atoms with E-state index >= 15 is 0 Å². The topological polar surface area (TPSA) is 32.6 Å². The van der Waals surface area contributed by atoms with E-state index < -0.39 is 0 Å². The predicted octanol–water partition coefficient (Wildman–Crippen LogP) is 1.78. The molecule has 0 radical (unpaired) electrons. The third kappa shape index (κ3) is 1.70. The SMILES string of the molecule is C[C@@H]([NH3+])c1cccc(-n2cccc2)c1. The van der Waals surface area contributed by atoms with Crippen molar-refractivity contribution in [1.82, 2.24) is 4.57 Å². The Morgan fingerprint density at radius 1 is 1.14 bits per heavy atom. The van der Waals surface area contributed by atoms with Gasteiger partial charge in [0.25, 0.3) is 0 Å². The van der Waals surface area contributed by atoms with Crippen molar-refractivity contribution in [3.63, 3.8) is 0 Å². The zero-order chi connectivity index (χ0) is 9.97. The van der Waals surface area contributed by atoms with Crippen LogP contribution in [-0.2, 0) is 0 Å². The second-order valence-electron chi connectivity index (χ2n) is 3.59. The summed E-state index contributed by atoms with van der Waals surface area (Å²) in [5, 5.41) is 0. The van der Waals surface area contributed by atoms with Gasteiger partial charge in [-0.25, -0.2) is 0 Å². The Hall–Kier alpha value is -1.54. The van der Waals surface area contributed by atoms with Crippen LogP contribution in [-0.4, -0.2) is 4.57 Å². The number of hydrogen-bond acceptors (Lipinski definition) is 0. The van der Waals surface area contributed by atoms with Crippen LogP contribution in [0, 0.1) is 0 Å². The van der Waals surface area contributed by atoms with Crippen LogP contribution in [0.25, 0.3) is 5.69 Å². The number of nitrogens with zero attached hydrogens (tertiary/aromatic N) is 1. The third-order valence-corrected chi connectivity index (χ3v) is 2.34. The van der Waals surface area contributed by atoms with Gasteiger partial charge in [-0.05, 0) is 31.2 Å². The highest BCUT2D eigenvalue weighted by Gasteiger charge is 2.03. The van der Waals surface area contributed by atoms with Crippen LogP contribution < -0.4 is 5.73 Å². The molecule has 0 spiro atoms. The van der Waals surface area contributed by atoms with E-state index in [9.17, 15) is 0 Å². The Kier molecular flexibility index (Phi) is 2.37. The van der Waals surface area contributed by atoms with Crippen LogP contribution in [0.15, 0.2) is 48.8 Å². The maximum atomic E-state index is 4.02. The second-order valence-corrected chi connectivity index (χ2v) is 3.59. The normalized spacial score (nSPS) is 12.7. The zero-order valence-corrected chi connectivity index (χ0v) is 8.35. The highest BCUT2D eigenvalue weighted by atomic mass is 14.9. The van der Waals surface area contributed by atoms with E-state index in [0.717, 1.165) is 0 Å². The highest BCUT2D eigenvalue weighted by molar-refractivity contribution is 5.36. The Morgan fingerprint density at radius 3 is 2.50 bits per heavy atom. The molecule has 0 saturated carbocycles. The molecule has 0 fully saturated rings. The Bertz CT molecular complexity index is 402. The number of quaternary nitrogens is 1. The fourth-order valence-corrected chi connectivity index (χ4v) is 1.50. The van der Waals surface area contributed by atoms with Crippen LogP contribution in [0.5, 0.6) is 0 Å². The monoisotopic (exact) mass is 187 g/mol. The Labute approximate surface area is 84.0 Å². The first kappa shape index (κ1) is 9.03. The lowest BCUT2D eigenvalue weighted by molar-refractivity contribution is -0.420. The van der Waals surface area contributed by atoms with Crippen molar-refractivity contribution in [3.8, 4) is 5.69 Å². The van der Waals surface area contributed by atoms with E-state index in [1.54, 1.807) is 0 Å². The lowest BCUT2D eigenvalue weighted by atomic mass is 10.1. The van der Waals surface area contributed by atoms with Crippen LogP contribution in [0.1, 0.15) is 18.5 Å². The number of aromatic nitrogens is 1. The largest absolute Gasteiger partial charge is 0.352 e. The minimum atomic E-state index is 0.338. The molecule has 72 valence electrons. The molecule has 2 nitrogen and oxygen atoms in total. The fourth-order valence-electron chi connectivity index (χ4n) is 1.50. The van der Waals surface area contributed by atoms with E-state index in [2.05, 4.69) is 41.5 Å². The molecular weight excluding hydrogens is 172 g/mol. The molecule has 1 atom stereocenters. The quantitative estimate of drug-likeness (QED) is 0.743. The molecule has 0 unspecified atom stereocenters. The number of rotatable bonds is 2. The molecule has 0 bridgehead atoms. The van der Waals surface area contributed by atoms with Crippen LogP contribution >= 0.6 is 0 Å². The first-order valence-electron chi connectivity index (χ1n) is 4.84. The lowest BCUT2D eigenvalue weighted by Crippen LogP contribution is -2.51. The molecule has 0 aliphatic rings. The van der Waals surface area contributed by atoms with Gasteiger partial charge in [-0.2, -0.15) is 0 Å². The first-order valence-corrected chi connectivity index (χ1v) is 4.84. The molecule has 0 aliphatic carbocycles. The number of benzene rings is 1. The fraction of sp³-hybridized carbons (Fsp3) is 0.167. The van der Waals surface area contributed by atoms with E-state index in [1.807, 2.05) is 24.5 Å². The molecule has 1 aromatic carbocycles. The van der Waals surface area contributed by atoms with E-state index in [1.165, 1.54) is 11.3 Å². The molecule has 2 heteroatoms.